The van der Waals surface area contributed by atoms with Gasteiger partial charge in [0.2, 0.25) is 5.91 Å². The second-order valence-corrected chi connectivity index (χ2v) is 6.44. The number of benzene rings is 2. The molecule has 112 valence electrons. The second-order valence-electron chi connectivity index (χ2n) is 6.44. The van der Waals surface area contributed by atoms with Gasteiger partial charge in [-0.25, -0.2) is 0 Å². The minimum Gasteiger partial charge on any atom is -0.497 e. The molecule has 0 radical (unpaired) electrons. The van der Waals surface area contributed by atoms with Crippen molar-refractivity contribution in [3.05, 3.63) is 41.5 Å². The van der Waals surface area contributed by atoms with Gasteiger partial charge in [-0.05, 0) is 41.5 Å². The molecule has 2 aliphatic rings. The minimum absolute atomic E-state index is 0.0305. The van der Waals surface area contributed by atoms with E-state index in [-0.39, 0.29) is 17.6 Å². The standard InChI is InChI=1S/C18H17NO3/c1-18-9-15(20)17-12-6-4-11(22-2)7-10(12)3-5-13(17)14(18)8-16(21)19-18/h3-7,14H,8-9H2,1-2H3,(H,19,21)/t14-,18-/m0/s1. The van der Waals surface area contributed by atoms with Crippen molar-refractivity contribution in [2.75, 3.05) is 7.11 Å². The highest BCUT2D eigenvalue weighted by molar-refractivity contribution is 6.12. The van der Waals surface area contributed by atoms with Crippen LogP contribution in [0.4, 0.5) is 0 Å². The molecule has 1 fully saturated rings. The smallest absolute Gasteiger partial charge is 0.221 e. The lowest BCUT2D eigenvalue weighted by Gasteiger charge is -2.36. The van der Waals surface area contributed by atoms with Crippen LogP contribution in [0.25, 0.3) is 10.8 Å². The van der Waals surface area contributed by atoms with Gasteiger partial charge in [0.1, 0.15) is 5.75 Å². The first-order chi connectivity index (χ1) is 10.5. The monoisotopic (exact) mass is 295 g/mol. The number of amides is 1. The molecule has 4 rings (SSSR count). The summed E-state index contributed by atoms with van der Waals surface area (Å²) in [4.78, 5) is 24.6. The summed E-state index contributed by atoms with van der Waals surface area (Å²) in [6.45, 7) is 1.97. The average Bonchev–Trinajstić information content (AvgIpc) is 2.80. The molecule has 1 aliphatic heterocycles. The molecule has 4 heteroatoms. The summed E-state index contributed by atoms with van der Waals surface area (Å²) in [6.07, 6.45) is 0.819. The van der Waals surface area contributed by atoms with Crippen molar-refractivity contribution in [3.63, 3.8) is 0 Å². The summed E-state index contributed by atoms with van der Waals surface area (Å²) >= 11 is 0. The van der Waals surface area contributed by atoms with Crippen LogP contribution in [0.15, 0.2) is 30.3 Å². The first kappa shape index (κ1) is 13.3. The molecule has 1 N–H and O–H groups in total. The fraction of sp³-hybridized carbons (Fsp3) is 0.333. The van der Waals surface area contributed by atoms with Crippen LogP contribution in [0.5, 0.6) is 5.75 Å². The normalized spacial score (nSPS) is 26.5. The van der Waals surface area contributed by atoms with E-state index in [0.717, 1.165) is 27.6 Å². The van der Waals surface area contributed by atoms with Crippen molar-refractivity contribution < 1.29 is 14.3 Å². The quantitative estimate of drug-likeness (QED) is 0.880. The Bertz CT molecular complexity index is 826. The zero-order valence-corrected chi connectivity index (χ0v) is 12.6. The van der Waals surface area contributed by atoms with Gasteiger partial charge in [-0.15, -0.1) is 0 Å². The maximum Gasteiger partial charge on any atom is 0.221 e. The van der Waals surface area contributed by atoms with Gasteiger partial charge < -0.3 is 10.1 Å². The van der Waals surface area contributed by atoms with Gasteiger partial charge in [-0.2, -0.15) is 0 Å². The Kier molecular flexibility index (Phi) is 2.61. The number of ketones is 1. The SMILES string of the molecule is COc1ccc2c3c(ccc2c1)[C@@H]1CC(=O)N[C@@]1(C)CC3=O. The summed E-state index contributed by atoms with van der Waals surface area (Å²) in [6, 6.07) is 9.77. The molecule has 22 heavy (non-hydrogen) atoms. The number of fused-ring (bicyclic) bond motifs is 5. The summed E-state index contributed by atoms with van der Waals surface area (Å²) < 4.78 is 5.25. The van der Waals surface area contributed by atoms with E-state index in [9.17, 15) is 9.59 Å². The van der Waals surface area contributed by atoms with Crippen LogP contribution in [0, 0.1) is 0 Å². The van der Waals surface area contributed by atoms with Crippen molar-refractivity contribution in [1.29, 1.82) is 0 Å². The van der Waals surface area contributed by atoms with Crippen molar-refractivity contribution in [2.24, 2.45) is 0 Å². The van der Waals surface area contributed by atoms with Gasteiger partial charge in [0.25, 0.3) is 0 Å². The molecule has 4 nitrogen and oxygen atoms in total. The van der Waals surface area contributed by atoms with Gasteiger partial charge >= 0.3 is 0 Å². The molecule has 1 heterocycles. The lowest BCUT2D eigenvalue weighted by atomic mass is 9.70. The zero-order valence-electron chi connectivity index (χ0n) is 12.6. The topological polar surface area (TPSA) is 55.4 Å². The van der Waals surface area contributed by atoms with Crippen LogP contribution in [-0.4, -0.2) is 24.3 Å². The fourth-order valence-corrected chi connectivity index (χ4v) is 3.96. The van der Waals surface area contributed by atoms with Crippen LogP contribution in [0.2, 0.25) is 0 Å². The van der Waals surface area contributed by atoms with Crippen LogP contribution in [0.3, 0.4) is 0 Å². The summed E-state index contributed by atoms with van der Waals surface area (Å²) in [5.74, 6) is 0.979. The Hall–Kier alpha value is -2.36. The Balaban J connectivity index is 1.97. The molecule has 1 saturated heterocycles. The summed E-state index contributed by atoms with van der Waals surface area (Å²) in [7, 11) is 1.63. The molecule has 2 aromatic carbocycles. The lowest BCUT2D eigenvalue weighted by molar-refractivity contribution is -0.119. The number of carbonyl (C=O) groups is 2. The lowest BCUT2D eigenvalue weighted by Crippen LogP contribution is -2.46. The van der Waals surface area contributed by atoms with E-state index in [1.54, 1.807) is 7.11 Å². The summed E-state index contributed by atoms with van der Waals surface area (Å²) in [5.41, 5.74) is 1.33. The Morgan fingerprint density at radius 2 is 2.05 bits per heavy atom. The summed E-state index contributed by atoms with van der Waals surface area (Å²) in [5, 5.41) is 4.93. The number of carbonyl (C=O) groups excluding carboxylic acids is 2. The van der Waals surface area contributed by atoms with Crippen LogP contribution >= 0.6 is 0 Å². The van der Waals surface area contributed by atoms with E-state index in [1.165, 1.54) is 0 Å². The number of nitrogens with one attached hydrogen (secondary N) is 1. The van der Waals surface area contributed by atoms with Crippen LogP contribution in [0.1, 0.15) is 41.6 Å². The van der Waals surface area contributed by atoms with E-state index < -0.39 is 5.54 Å². The van der Waals surface area contributed by atoms with Crippen molar-refractivity contribution in [1.82, 2.24) is 5.32 Å². The highest BCUT2D eigenvalue weighted by Crippen LogP contribution is 2.46. The number of ether oxygens (including phenoxy) is 1. The molecule has 0 bridgehead atoms. The highest BCUT2D eigenvalue weighted by atomic mass is 16.5. The van der Waals surface area contributed by atoms with E-state index in [1.807, 2.05) is 37.3 Å². The number of hydrogen-bond donors (Lipinski definition) is 1. The zero-order chi connectivity index (χ0) is 15.5. The van der Waals surface area contributed by atoms with Gasteiger partial charge in [0.15, 0.2) is 5.78 Å². The minimum atomic E-state index is -0.443. The van der Waals surface area contributed by atoms with Crippen LogP contribution < -0.4 is 10.1 Å². The van der Waals surface area contributed by atoms with Gasteiger partial charge in [0, 0.05) is 24.3 Å². The van der Waals surface area contributed by atoms with Gasteiger partial charge in [-0.1, -0.05) is 12.1 Å². The van der Waals surface area contributed by atoms with E-state index >= 15 is 0 Å². The molecule has 0 aromatic heterocycles. The Morgan fingerprint density at radius 1 is 1.23 bits per heavy atom. The molecule has 1 aliphatic carbocycles. The predicted molar refractivity (Wildman–Crippen MR) is 83.4 cm³/mol. The first-order valence-electron chi connectivity index (χ1n) is 7.47. The molecular weight excluding hydrogens is 278 g/mol. The van der Waals surface area contributed by atoms with Crippen molar-refractivity contribution in [3.8, 4) is 5.75 Å². The molecule has 0 spiro atoms. The molecule has 2 aromatic rings. The molecule has 0 unspecified atom stereocenters. The number of hydrogen-bond acceptors (Lipinski definition) is 3. The fourth-order valence-electron chi connectivity index (χ4n) is 3.96. The highest BCUT2D eigenvalue weighted by Gasteiger charge is 2.49. The average molecular weight is 295 g/mol. The number of methoxy groups -OCH3 is 1. The van der Waals surface area contributed by atoms with Gasteiger partial charge in [0.05, 0.1) is 12.6 Å². The predicted octanol–water partition coefficient (Wildman–Crippen LogP) is 2.80. The van der Waals surface area contributed by atoms with E-state index in [0.29, 0.717) is 12.8 Å². The number of rotatable bonds is 1. The Morgan fingerprint density at radius 3 is 2.82 bits per heavy atom. The second kappa shape index (κ2) is 4.32. The maximum absolute atomic E-state index is 12.7. The van der Waals surface area contributed by atoms with Crippen molar-refractivity contribution in [2.45, 2.75) is 31.2 Å². The maximum atomic E-state index is 12.7. The molecule has 2 atom stereocenters. The molecule has 0 saturated carbocycles. The van der Waals surface area contributed by atoms with Crippen LogP contribution in [-0.2, 0) is 4.79 Å². The third-order valence-corrected chi connectivity index (χ3v) is 5.02. The first-order valence-corrected chi connectivity index (χ1v) is 7.47. The van der Waals surface area contributed by atoms with E-state index in [2.05, 4.69) is 5.32 Å². The molecular formula is C18H17NO3. The molecule has 1 amide bonds. The third-order valence-electron chi connectivity index (χ3n) is 5.02. The van der Waals surface area contributed by atoms with Crippen molar-refractivity contribution >= 4 is 22.5 Å². The van der Waals surface area contributed by atoms with E-state index in [4.69, 9.17) is 4.74 Å². The van der Waals surface area contributed by atoms with Gasteiger partial charge in [-0.3, -0.25) is 9.59 Å². The third kappa shape index (κ3) is 1.70. The largest absolute Gasteiger partial charge is 0.497 e. The Labute approximate surface area is 128 Å². The number of Topliss-reactive ketones (excluding diaryl/α,β-unsaturated/α-hetero) is 1.